The molecular formula is C19H15N3O3. The molecule has 0 radical (unpaired) electrons. The van der Waals surface area contributed by atoms with Gasteiger partial charge in [0.25, 0.3) is 5.56 Å². The van der Waals surface area contributed by atoms with Gasteiger partial charge in [0.15, 0.2) is 0 Å². The molecule has 2 aromatic heterocycles. The predicted octanol–water partition coefficient (Wildman–Crippen LogP) is 2.48. The molecule has 6 heteroatoms. The van der Waals surface area contributed by atoms with Crippen molar-refractivity contribution < 1.29 is 9.90 Å². The average molecular weight is 333 g/mol. The number of aromatic nitrogens is 3. The van der Waals surface area contributed by atoms with E-state index in [4.69, 9.17) is 5.11 Å². The maximum atomic E-state index is 12.9. The lowest BCUT2D eigenvalue weighted by Crippen LogP contribution is -2.27. The van der Waals surface area contributed by atoms with Crippen molar-refractivity contribution >= 4 is 27.8 Å². The molecule has 0 atom stereocenters. The van der Waals surface area contributed by atoms with Crippen molar-refractivity contribution in [3.05, 3.63) is 76.7 Å². The summed E-state index contributed by atoms with van der Waals surface area (Å²) >= 11 is 0. The van der Waals surface area contributed by atoms with Gasteiger partial charge >= 0.3 is 5.97 Å². The van der Waals surface area contributed by atoms with Gasteiger partial charge in [-0.1, -0.05) is 48.5 Å². The molecule has 4 rings (SSSR count). The van der Waals surface area contributed by atoms with Crippen molar-refractivity contribution in [2.75, 3.05) is 0 Å². The van der Waals surface area contributed by atoms with Crippen molar-refractivity contribution in [3.63, 3.8) is 0 Å². The first-order valence-corrected chi connectivity index (χ1v) is 7.88. The lowest BCUT2D eigenvalue weighted by molar-refractivity contribution is -0.137. The predicted molar refractivity (Wildman–Crippen MR) is 94.7 cm³/mol. The van der Waals surface area contributed by atoms with Crippen LogP contribution in [-0.4, -0.2) is 25.4 Å². The molecule has 2 aromatic carbocycles. The van der Waals surface area contributed by atoms with Crippen LogP contribution in [-0.2, 0) is 17.9 Å². The van der Waals surface area contributed by atoms with E-state index in [0.29, 0.717) is 12.1 Å². The topological polar surface area (TPSA) is 77.1 Å². The Kier molecular flexibility index (Phi) is 3.57. The Morgan fingerprint density at radius 2 is 1.72 bits per heavy atom. The molecule has 0 unspecified atom stereocenters. The molecule has 0 fully saturated rings. The fraction of sp³-hybridized carbons (Fsp3) is 0.105. The monoisotopic (exact) mass is 333 g/mol. The van der Waals surface area contributed by atoms with E-state index in [-0.39, 0.29) is 0 Å². The first-order chi connectivity index (χ1) is 12.1. The first kappa shape index (κ1) is 15.1. The van der Waals surface area contributed by atoms with Gasteiger partial charge in [0.05, 0.1) is 6.20 Å². The van der Waals surface area contributed by atoms with Crippen LogP contribution in [0, 0.1) is 0 Å². The van der Waals surface area contributed by atoms with Crippen LogP contribution in [0.3, 0.4) is 0 Å². The van der Waals surface area contributed by atoms with Gasteiger partial charge in [-0.15, -0.1) is 0 Å². The second kappa shape index (κ2) is 5.90. The Morgan fingerprint density at radius 1 is 1.00 bits per heavy atom. The first-order valence-electron chi connectivity index (χ1n) is 7.88. The van der Waals surface area contributed by atoms with Gasteiger partial charge in [-0.2, -0.15) is 5.10 Å². The minimum Gasteiger partial charge on any atom is -0.480 e. The van der Waals surface area contributed by atoms with Crippen LogP contribution in [0.15, 0.2) is 65.6 Å². The van der Waals surface area contributed by atoms with Crippen LogP contribution >= 0.6 is 0 Å². The van der Waals surface area contributed by atoms with Gasteiger partial charge in [-0.05, 0) is 11.6 Å². The fourth-order valence-electron chi connectivity index (χ4n) is 3.16. The van der Waals surface area contributed by atoms with Crippen LogP contribution in [0.4, 0.5) is 0 Å². The molecule has 0 aliphatic rings. The van der Waals surface area contributed by atoms with E-state index in [0.717, 1.165) is 26.5 Å². The summed E-state index contributed by atoms with van der Waals surface area (Å²) in [5, 5.41) is 14.7. The normalized spacial score (nSPS) is 11.2. The van der Waals surface area contributed by atoms with Crippen LogP contribution < -0.4 is 5.56 Å². The van der Waals surface area contributed by atoms with Crippen molar-refractivity contribution in [1.29, 1.82) is 0 Å². The van der Waals surface area contributed by atoms with E-state index in [9.17, 15) is 9.59 Å². The van der Waals surface area contributed by atoms with Crippen LogP contribution in [0.5, 0.6) is 0 Å². The maximum Gasteiger partial charge on any atom is 0.325 e. The van der Waals surface area contributed by atoms with Crippen LogP contribution in [0.25, 0.3) is 21.8 Å². The maximum absolute atomic E-state index is 12.9. The summed E-state index contributed by atoms with van der Waals surface area (Å²) in [7, 11) is 0. The molecule has 0 aliphatic heterocycles. The number of nitrogens with zero attached hydrogens (tertiary/aromatic N) is 3. The standard InChI is InChI=1S/C19H15N3O3/c23-17(24)12-22-19(25)18-15(10-20-22)14-8-4-5-9-16(14)21(18)11-13-6-2-1-3-7-13/h1-10H,11-12H2,(H,23,24). The quantitative estimate of drug-likeness (QED) is 0.622. The van der Waals surface area contributed by atoms with E-state index in [1.54, 1.807) is 6.20 Å². The van der Waals surface area contributed by atoms with Gasteiger partial charge in [0.2, 0.25) is 0 Å². The minimum absolute atomic E-state index is 0.396. The molecule has 0 aliphatic carbocycles. The average Bonchev–Trinajstić information content (AvgIpc) is 2.93. The number of carbonyl (C=O) groups is 1. The zero-order valence-corrected chi connectivity index (χ0v) is 13.3. The number of benzene rings is 2. The van der Waals surface area contributed by atoms with Crippen molar-refractivity contribution in [2.45, 2.75) is 13.1 Å². The molecule has 6 nitrogen and oxygen atoms in total. The highest BCUT2D eigenvalue weighted by Gasteiger charge is 2.16. The van der Waals surface area contributed by atoms with Gasteiger partial charge in [-0.25, -0.2) is 4.68 Å². The van der Waals surface area contributed by atoms with E-state index in [1.807, 2.05) is 59.2 Å². The lowest BCUT2D eigenvalue weighted by Gasteiger charge is -2.08. The summed E-state index contributed by atoms with van der Waals surface area (Å²) in [4.78, 5) is 23.9. The molecule has 0 bridgehead atoms. The van der Waals surface area contributed by atoms with E-state index < -0.39 is 18.1 Å². The molecule has 0 amide bonds. The van der Waals surface area contributed by atoms with Crippen LogP contribution in [0.2, 0.25) is 0 Å². The zero-order chi connectivity index (χ0) is 17.4. The number of carboxylic acid groups (broad SMARTS) is 1. The number of para-hydroxylation sites is 1. The summed E-state index contributed by atoms with van der Waals surface area (Å²) in [6, 6.07) is 17.6. The number of rotatable bonds is 4. The summed E-state index contributed by atoms with van der Waals surface area (Å²) in [6.45, 7) is 0.0683. The van der Waals surface area contributed by atoms with Gasteiger partial charge in [0, 0.05) is 22.8 Å². The Hall–Kier alpha value is -3.41. The number of hydrogen-bond acceptors (Lipinski definition) is 3. The second-order valence-corrected chi connectivity index (χ2v) is 5.85. The van der Waals surface area contributed by atoms with Crippen LogP contribution in [0.1, 0.15) is 5.56 Å². The Bertz CT molecular complexity index is 1140. The second-order valence-electron chi connectivity index (χ2n) is 5.85. The SMILES string of the molecule is O=C(O)Cn1ncc2c3ccccc3n(Cc3ccccc3)c2c1=O. The number of carboxylic acids is 1. The third-order valence-electron chi connectivity index (χ3n) is 4.24. The smallest absolute Gasteiger partial charge is 0.325 e. The van der Waals surface area contributed by atoms with E-state index >= 15 is 0 Å². The zero-order valence-electron chi connectivity index (χ0n) is 13.3. The largest absolute Gasteiger partial charge is 0.480 e. The van der Waals surface area contributed by atoms with E-state index in [2.05, 4.69) is 5.10 Å². The molecule has 1 N–H and O–H groups in total. The number of aliphatic carboxylic acids is 1. The van der Waals surface area contributed by atoms with Crippen molar-refractivity contribution in [1.82, 2.24) is 14.3 Å². The molecule has 4 aromatic rings. The number of hydrogen-bond donors (Lipinski definition) is 1. The number of fused-ring (bicyclic) bond motifs is 3. The molecule has 2 heterocycles. The van der Waals surface area contributed by atoms with E-state index in [1.165, 1.54) is 0 Å². The third-order valence-corrected chi connectivity index (χ3v) is 4.24. The highest BCUT2D eigenvalue weighted by atomic mass is 16.4. The summed E-state index contributed by atoms with van der Waals surface area (Å²) in [5.74, 6) is -1.10. The fourth-order valence-corrected chi connectivity index (χ4v) is 3.16. The summed E-state index contributed by atoms with van der Waals surface area (Å²) < 4.78 is 2.92. The molecule has 0 saturated heterocycles. The lowest BCUT2D eigenvalue weighted by atomic mass is 10.2. The molecular weight excluding hydrogens is 318 g/mol. The Morgan fingerprint density at radius 3 is 2.48 bits per heavy atom. The summed E-state index contributed by atoms with van der Waals surface area (Å²) in [5.41, 5.74) is 2.06. The van der Waals surface area contributed by atoms with Gasteiger partial charge in [-0.3, -0.25) is 9.59 Å². The van der Waals surface area contributed by atoms with Crippen molar-refractivity contribution in [3.8, 4) is 0 Å². The minimum atomic E-state index is -1.10. The van der Waals surface area contributed by atoms with Gasteiger partial charge in [0.1, 0.15) is 12.1 Å². The van der Waals surface area contributed by atoms with Crippen molar-refractivity contribution in [2.24, 2.45) is 0 Å². The Labute approximate surface area is 142 Å². The third kappa shape index (κ3) is 2.57. The Balaban J connectivity index is 2.03. The summed E-state index contributed by atoms with van der Waals surface area (Å²) in [6.07, 6.45) is 1.57. The highest BCUT2D eigenvalue weighted by molar-refractivity contribution is 6.07. The highest BCUT2D eigenvalue weighted by Crippen LogP contribution is 2.27. The molecule has 0 spiro atoms. The van der Waals surface area contributed by atoms with Gasteiger partial charge < -0.3 is 9.67 Å². The molecule has 124 valence electrons. The molecule has 25 heavy (non-hydrogen) atoms. The molecule has 0 saturated carbocycles.